The van der Waals surface area contributed by atoms with E-state index in [4.69, 9.17) is 9.15 Å². The highest BCUT2D eigenvalue weighted by atomic mass is 16.5. The molecule has 0 spiro atoms. The molecule has 3 aromatic rings. The van der Waals surface area contributed by atoms with E-state index in [0.717, 1.165) is 5.56 Å². The van der Waals surface area contributed by atoms with Crippen molar-refractivity contribution < 1.29 is 18.7 Å². The Morgan fingerprint density at radius 3 is 2.31 bits per heavy atom. The van der Waals surface area contributed by atoms with Crippen LogP contribution in [0.1, 0.15) is 38.1 Å². The number of para-hydroxylation sites is 1. The first-order valence-corrected chi connectivity index (χ1v) is 8.18. The third-order valence-corrected chi connectivity index (χ3v) is 4.51. The van der Waals surface area contributed by atoms with E-state index in [1.54, 1.807) is 37.6 Å². The third kappa shape index (κ3) is 2.56. The number of fused-ring (bicyclic) bond motifs is 1. The largest absolute Gasteiger partial charge is 0.496 e. The summed E-state index contributed by atoms with van der Waals surface area (Å²) in [5.41, 5.74) is 1.64. The topological polar surface area (TPSA) is 72.6 Å². The predicted octanol–water partition coefficient (Wildman–Crippen LogP) is 3.11. The maximum Gasteiger partial charge on any atom is 0.261 e. The third-order valence-electron chi connectivity index (χ3n) is 4.51. The minimum atomic E-state index is -0.427. The van der Waals surface area contributed by atoms with Crippen LogP contribution in [-0.4, -0.2) is 35.4 Å². The normalized spacial score (nSPS) is 14.4. The van der Waals surface area contributed by atoms with E-state index in [0.29, 0.717) is 22.8 Å². The van der Waals surface area contributed by atoms with E-state index in [-0.39, 0.29) is 18.4 Å². The summed E-state index contributed by atoms with van der Waals surface area (Å²) < 4.78 is 10.9. The molecule has 0 radical (unpaired) electrons. The minimum Gasteiger partial charge on any atom is -0.496 e. The summed E-state index contributed by atoms with van der Waals surface area (Å²) in [5.74, 6) is 0.0239. The fraction of sp³-hybridized carbons (Fsp3) is 0.150. The van der Waals surface area contributed by atoms with Crippen LogP contribution in [0.5, 0.6) is 5.75 Å². The van der Waals surface area contributed by atoms with Gasteiger partial charge >= 0.3 is 0 Å². The molecule has 2 amide bonds. The zero-order valence-corrected chi connectivity index (χ0v) is 14.1. The van der Waals surface area contributed by atoms with E-state index < -0.39 is 5.92 Å². The van der Waals surface area contributed by atoms with Crippen LogP contribution in [0.15, 0.2) is 65.4 Å². The van der Waals surface area contributed by atoms with Crippen molar-refractivity contribution in [3.63, 3.8) is 0 Å². The Balaban J connectivity index is 1.73. The summed E-state index contributed by atoms with van der Waals surface area (Å²) in [7, 11) is 1.58. The molecule has 0 N–H and O–H groups in total. The Morgan fingerprint density at radius 1 is 1.04 bits per heavy atom. The lowest BCUT2D eigenvalue weighted by Crippen LogP contribution is -2.34. The van der Waals surface area contributed by atoms with Gasteiger partial charge in [0.1, 0.15) is 12.0 Å². The molecule has 130 valence electrons. The SMILES string of the molecule is COc1ccccc1C(CN1C(=O)c2ccccc2C1=O)c1ncco1. The molecular weight excluding hydrogens is 332 g/mol. The average Bonchev–Trinajstić information content (AvgIpc) is 3.29. The number of methoxy groups -OCH3 is 1. The molecule has 0 saturated carbocycles. The number of aromatic nitrogens is 1. The van der Waals surface area contributed by atoms with Crippen molar-refractivity contribution in [3.05, 3.63) is 83.6 Å². The summed E-state index contributed by atoms with van der Waals surface area (Å²) in [6.45, 7) is 0.118. The van der Waals surface area contributed by atoms with Gasteiger partial charge in [-0.15, -0.1) is 0 Å². The molecule has 1 aliphatic heterocycles. The number of hydrogen-bond donors (Lipinski definition) is 0. The van der Waals surface area contributed by atoms with Crippen LogP contribution in [0.2, 0.25) is 0 Å². The molecular formula is C20H16N2O4. The van der Waals surface area contributed by atoms with Crippen molar-refractivity contribution in [2.24, 2.45) is 0 Å². The lowest BCUT2D eigenvalue weighted by Gasteiger charge is -2.22. The molecule has 4 rings (SSSR count). The smallest absolute Gasteiger partial charge is 0.261 e. The zero-order valence-electron chi connectivity index (χ0n) is 14.1. The Hall–Kier alpha value is -3.41. The van der Waals surface area contributed by atoms with Gasteiger partial charge in [-0.05, 0) is 18.2 Å². The van der Waals surface area contributed by atoms with E-state index >= 15 is 0 Å². The van der Waals surface area contributed by atoms with Gasteiger partial charge in [0, 0.05) is 12.1 Å². The summed E-state index contributed by atoms with van der Waals surface area (Å²) in [6, 6.07) is 14.3. The number of rotatable bonds is 5. The van der Waals surface area contributed by atoms with Crippen LogP contribution in [0.25, 0.3) is 0 Å². The predicted molar refractivity (Wildman–Crippen MR) is 93.1 cm³/mol. The standard InChI is InChI=1S/C20H16N2O4/c1-25-17-9-5-4-6-13(17)16(18-21-10-11-26-18)12-22-19(23)14-7-2-3-8-15(14)20(22)24/h2-11,16H,12H2,1H3. The quantitative estimate of drug-likeness (QED) is 0.663. The molecule has 0 bridgehead atoms. The first kappa shape index (κ1) is 16.1. The number of oxazole rings is 1. The number of carbonyl (C=O) groups is 2. The van der Waals surface area contributed by atoms with Crippen LogP contribution in [-0.2, 0) is 0 Å². The van der Waals surface area contributed by atoms with Crippen LogP contribution >= 0.6 is 0 Å². The minimum absolute atomic E-state index is 0.118. The maximum atomic E-state index is 12.7. The van der Waals surface area contributed by atoms with Crippen LogP contribution < -0.4 is 4.74 Å². The number of ether oxygens (including phenoxy) is 1. The number of imide groups is 1. The van der Waals surface area contributed by atoms with Crippen molar-refractivity contribution in [2.75, 3.05) is 13.7 Å². The van der Waals surface area contributed by atoms with Crippen molar-refractivity contribution >= 4 is 11.8 Å². The average molecular weight is 348 g/mol. The van der Waals surface area contributed by atoms with E-state index in [9.17, 15) is 9.59 Å². The molecule has 2 aromatic carbocycles. The fourth-order valence-corrected chi connectivity index (χ4v) is 3.26. The van der Waals surface area contributed by atoms with E-state index in [1.807, 2.05) is 24.3 Å². The van der Waals surface area contributed by atoms with Crippen molar-refractivity contribution in [1.82, 2.24) is 9.88 Å². The van der Waals surface area contributed by atoms with Crippen LogP contribution in [0.4, 0.5) is 0 Å². The highest BCUT2D eigenvalue weighted by Crippen LogP contribution is 2.34. The van der Waals surface area contributed by atoms with E-state index in [1.165, 1.54) is 11.2 Å². The summed E-state index contributed by atoms with van der Waals surface area (Å²) in [5, 5.41) is 0. The lowest BCUT2D eigenvalue weighted by atomic mass is 9.97. The van der Waals surface area contributed by atoms with Gasteiger partial charge in [0.05, 0.1) is 30.4 Å². The number of amides is 2. The van der Waals surface area contributed by atoms with Gasteiger partial charge in [-0.2, -0.15) is 0 Å². The highest BCUT2D eigenvalue weighted by Gasteiger charge is 2.38. The number of nitrogens with zero attached hydrogens (tertiary/aromatic N) is 2. The molecule has 2 heterocycles. The highest BCUT2D eigenvalue weighted by molar-refractivity contribution is 6.21. The van der Waals surface area contributed by atoms with Gasteiger partial charge in [0.15, 0.2) is 0 Å². The first-order chi connectivity index (χ1) is 12.7. The van der Waals surface area contributed by atoms with Crippen molar-refractivity contribution in [1.29, 1.82) is 0 Å². The number of benzene rings is 2. The molecule has 1 atom stereocenters. The molecule has 1 unspecified atom stereocenters. The van der Waals surface area contributed by atoms with Gasteiger partial charge in [-0.25, -0.2) is 4.98 Å². The molecule has 6 heteroatoms. The second-order valence-electron chi connectivity index (χ2n) is 5.93. The van der Waals surface area contributed by atoms with Gasteiger partial charge in [-0.1, -0.05) is 30.3 Å². The molecule has 1 aromatic heterocycles. The van der Waals surface area contributed by atoms with Gasteiger partial charge < -0.3 is 9.15 Å². The Labute approximate surface area is 150 Å². The van der Waals surface area contributed by atoms with Gasteiger partial charge in [-0.3, -0.25) is 14.5 Å². The van der Waals surface area contributed by atoms with Crippen LogP contribution in [0, 0.1) is 0 Å². The monoisotopic (exact) mass is 348 g/mol. The number of carbonyl (C=O) groups excluding carboxylic acids is 2. The Bertz CT molecular complexity index is 930. The van der Waals surface area contributed by atoms with E-state index in [2.05, 4.69) is 4.98 Å². The van der Waals surface area contributed by atoms with Crippen molar-refractivity contribution in [2.45, 2.75) is 5.92 Å². The van der Waals surface area contributed by atoms with Crippen LogP contribution in [0.3, 0.4) is 0 Å². The lowest BCUT2D eigenvalue weighted by molar-refractivity contribution is 0.0646. The molecule has 0 saturated heterocycles. The molecule has 26 heavy (non-hydrogen) atoms. The summed E-state index contributed by atoms with van der Waals surface area (Å²) in [4.78, 5) is 30.9. The maximum absolute atomic E-state index is 12.7. The zero-order chi connectivity index (χ0) is 18.1. The van der Waals surface area contributed by atoms with Gasteiger partial charge in [0.2, 0.25) is 5.89 Å². The Morgan fingerprint density at radius 2 is 1.69 bits per heavy atom. The van der Waals surface area contributed by atoms with Gasteiger partial charge in [0.25, 0.3) is 11.8 Å². The molecule has 0 aliphatic carbocycles. The number of hydrogen-bond acceptors (Lipinski definition) is 5. The molecule has 6 nitrogen and oxygen atoms in total. The molecule has 0 fully saturated rings. The Kier molecular flexibility index (Phi) is 4.01. The summed E-state index contributed by atoms with van der Waals surface area (Å²) in [6.07, 6.45) is 3.01. The molecule has 1 aliphatic rings. The summed E-state index contributed by atoms with van der Waals surface area (Å²) >= 11 is 0. The van der Waals surface area contributed by atoms with Crippen molar-refractivity contribution in [3.8, 4) is 5.75 Å². The first-order valence-electron chi connectivity index (χ1n) is 8.18. The second-order valence-corrected chi connectivity index (χ2v) is 5.93. The fourth-order valence-electron chi connectivity index (χ4n) is 3.26. The second kappa shape index (κ2) is 6.48.